The molecule has 0 spiro atoms. The van der Waals surface area contributed by atoms with Gasteiger partial charge in [-0.1, -0.05) is 18.2 Å². The van der Waals surface area contributed by atoms with Gasteiger partial charge in [0.05, 0.1) is 23.0 Å². The van der Waals surface area contributed by atoms with E-state index in [0.29, 0.717) is 17.4 Å². The van der Waals surface area contributed by atoms with Crippen LogP contribution < -0.4 is 21.1 Å². The highest BCUT2D eigenvalue weighted by molar-refractivity contribution is 5.86. The second-order valence-corrected chi connectivity index (χ2v) is 6.72. The zero-order valence-electron chi connectivity index (χ0n) is 17.1. The first-order valence-electron chi connectivity index (χ1n) is 9.19. The van der Waals surface area contributed by atoms with Gasteiger partial charge in [-0.25, -0.2) is 4.79 Å². The van der Waals surface area contributed by atoms with Crippen LogP contribution in [-0.2, 0) is 16.0 Å². The number of anilines is 2. The molecule has 0 fully saturated rings. The van der Waals surface area contributed by atoms with Crippen molar-refractivity contribution >= 4 is 34.6 Å². The van der Waals surface area contributed by atoms with Crippen molar-refractivity contribution in [3.8, 4) is 5.75 Å². The van der Waals surface area contributed by atoms with Crippen LogP contribution in [0.15, 0.2) is 36.4 Å². The number of nitrogens with zero attached hydrogens (tertiary/aromatic N) is 2. The van der Waals surface area contributed by atoms with Crippen LogP contribution in [0.4, 0.5) is 22.7 Å². The Bertz CT molecular complexity index is 1060. The molecule has 2 rings (SSSR count). The van der Waals surface area contributed by atoms with E-state index < -0.39 is 45.2 Å². The minimum Gasteiger partial charge on any atom is -0.496 e. The number of carbonyl (C=O) groups is 2. The first-order chi connectivity index (χ1) is 15.0. The van der Waals surface area contributed by atoms with E-state index in [0.717, 1.165) is 6.07 Å². The highest BCUT2D eigenvalue weighted by atomic mass is 16.6. The molecule has 0 radical (unpaired) electrons. The van der Waals surface area contributed by atoms with E-state index in [1.165, 1.54) is 14.0 Å². The topological polar surface area (TPSA) is 200 Å². The minimum atomic E-state index is -1.34. The second-order valence-electron chi connectivity index (χ2n) is 6.72. The van der Waals surface area contributed by atoms with Crippen molar-refractivity contribution < 1.29 is 29.3 Å². The van der Waals surface area contributed by atoms with Gasteiger partial charge in [-0.3, -0.25) is 25.0 Å². The average molecular weight is 447 g/mol. The molecule has 0 aliphatic rings. The van der Waals surface area contributed by atoms with Gasteiger partial charge in [0.1, 0.15) is 29.2 Å². The third-order valence-corrected chi connectivity index (χ3v) is 4.55. The lowest BCUT2D eigenvalue weighted by Crippen LogP contribution is -2.33. The predicted molar refractivity (Wildman–Crippen MR) is 114 cm³/mol. The number of hydrogen-bond acceptors (Lipinski definition) is 9. The monoisotopic (exact) mass is 447 g/mol. The Morgan fingerprint density at radius 1 is 1.09 bits per heavy atom. The summed E-state index contributed by atoms with van der Waals surface area (Å²) < 4.78 is 5.21. The summed E-state index contributed by atoms with van der Waals surface area (Å²) in [5.74, 6) is -1.70. The Balaban J connectivity index is 2.52. The fraction of sp³-hybridized carbons (Fsp3) is 0.263. The van der Waals surface area contributed by atoms with Gasteiger partial charge in [0, 0.05) is 6.42 Å². The number of nitrogens with two attached hydrogens (primary N) is 1. The smallest absolute Gasteiger partial charge is 0.326 e. The summed E-state index contributed by atoms with van der Waals surface area (Å²) >= 11 is 0. The van der Waals surface area contributed by atoms with Crippen molar-refractivity contribution in [1.29, 1.82) is 0 Å². The zero-order chi connectivity index (χ0) is 24.0. The van der Waals surface area contributed by atoms with Gasteiger partial charge in [-0.05, 0) is 24.6 Å². The summed E-state index contributed by atoms with van der Waals surface area (Å²) in [4.78, 5) is 44.4. The molecule has 13 heteroatoms. The number of benzene rings is 2. The Hall–Kier alpha value is -4.42. The van der Waals surface area contributed by atoms with Crippen molar-refractivity contribution in [2.24, 2.45) is 5.73 Å². The Morgan fingerprint density at radius 2 is 1.66 bits per heavy atom. The molecule has 1 amide bonds. The van der Waals surface area contributed by atoms with E-state index in [2.05, 4.69) is 10.6 Å². The van der Waals surface area contributed by atoms with Crippen molar-refractivity contribution in [2.75, 3.05) is 17.7 Å². The second kappa shape index (κ2) is 10.1. The Morgan fingerprint density at radius 3 is 2.16 bits per heavy atom. The lowest BCUT2D eigenvalue weighted by molar-refractivity contribution is -0.393. The third-order valence-electron chi connectivity index (χ3n) is 4.55. The molecule has 2 atom stereocenters. The molecule has 5 N–H and O–H groups in total. The first-order valence-corrected chi connectivity index (χ1v) is 9.19. The van der Waals surface area contributed by atoms with Crippen LogP contribution in [-0.4, -0.2) is 46.0 Å². The molecule has 0 bridgehead atoms. The number of carboxylic acids is 1. The molecule has 170 valence electrons. The first kappa shape index (κ1) is 23.9. The van der Waals surface area contributed by atoms with Crippen molar-refractivity contribution in [3.05, 3.63) is 62.2 Å². The summed E-state index contributed by atoms with van der Waals surface area (Å²) in [6.07, 6.45) is -0.103. The van der Waals surface area contributed by atoms with E-state index >= 15 is 0 Å². The molecule has 0 aliphatic carbocycles. The van der Waals surface area contributed by atoms with Crippen LogP contribution in [0.2, 0.25) is 0 Å². The average Bonchev–Trinajstić information content (AvgIpc) is 2.73. The maximum absolute atomic E-state index is 11.9. The maximum atomic E-state index is 11.9. The summed E-state index contributed by atoms with van der Waals surface area (Å²) in [6.45, 7) is 1.35. The predicted octanol–water partition coefficient (Wildman–Crippen LogP) is 1.91. The normalized spacial score (nSPS) is 12.3. The van der Waals surface area contributed by atoms with E-state index in [1.54, 1.807) is 24.3 Å². The van der Waals surface area contributed by atoms with Gasteiger partial charge >= 0.3 is 5.97 Å². The van der Waals surface area contributed by atoms with E-state index in [1.807, 2.05) is 0 Å². The lowest BCUT2D eigenvalue weighted by atomic mass is 10.0. The number of primary amides is 1. The lowest BCUT2D eigenvalue weighted by Gasteiger charge is -2.19. The number of amides is 1. The number of carboxylic acid groups (broad SMARTS) is 1. The molecular formula is C19H21N5O8. The number of carbonyl (C=O) groups excluding carboxylic acids is 1. The molecule has 0 saturated heterocycles. The standard InChI is InChI=1S/C19H21N5O8/c1-10(18(20)25)21-12-8-13(16(24(30)31)9-15(12)23(28)29)22-14(19(26)27)7-11-5-3-4-6-17(11)32-2/h3-6,8-10,14,21-22H,7H2,1-2H3,(H2,20,25)(H,26,27)/t10-,14-/m0/s1. The van der Waals surface area contributed by atoms with Gasteiger partial charge in [0.25, 0.3) is 11.4 Å². The van der Waals surface area contributed by atoms with Crippen LogP contribution in [0.5, 0.6) is 5.75 Å². The van der Waals surface area contributed by atoms with Crippen LogP contribution in [0.3, 0.4) is 0 Å². The number of methoxy groups -OCH3 is 1. The quantitative estimate of drug-likeness (QED) is 0.291. The Kier molecular flexibility index (Phi) is 7.50. The van der Waals surface area contributed by atoms with Crippen molar-refractivity contribution in [1.82, 2.24) is 0 Å². The number of para-hydroxylation sites is 1. The van der Waals surface area contributed by atoms with Gasteiger partial charge in [-0.15, -0.1) is 0 Å². The molecule has 32 heavy (non-hydrogen) atoms. The molecule has 0 saturated carbocycles. The van der Waals surface area contributed by atoms with Gasteiger partial charge in [0.2, 0.25) is 5.91 Å². The van der Waals surface area contributed by atoms with Crippen LogP contribution in [0.1, 0.15) is 12.5 Å². The van der Waals surface area contributed by atoms with Crippen LogP contribution >= 0.6 is 0 Å². The molecule has 2 aromatic carbocycles. The molecule has 0 aliphatic heterocycles. The van der Waals surface area contributed by atoms with Crippen molar-refractivity contribution in [2.45, 2.75) is 25.4 Å². The number of ether oxygens (including phenoxy) is 1. The molecule has 0 heterocycles. The molecule has 0 unspecified atom stereocenters. The summed E-state index contributed by atoms with van der Waals surface area (Å²) in [6, 6.07) is 5.97. The SMILES string of the molecule is COc1ccccc1C[C@H](Nc1cc(N[C@@H](C)C(N)=O)c([N+](=O)[O-])cc1[N+](=O)[O-])C(=O)O. The Labute approximate surface area is 181 Å². The van der Waals surface area contributed by atoms with Gasteiger partial charge < -0.3 is 26.2 Å². The maximum Gasteiger partial charge on any atom is 0.326 e. The van der Waals surface area contributed by atoms with Gasteiger partial charge in [0.15, 0.2) is 0 Å². The fourth-order valence-corrected chi connectivity index (χ4v) is 2.89. The zero-order valence-corrected chi connectivity index (χ0v) is 17.1. The highest BCUT2D eigenvalue weighted by Crippen LogP contribution is 2.37. The fourth-order valence-electron chi connectivity index (χ4n) is 2.89. The largest absolute Gasteiger partial charge is 0.496 e. The molecule has 2 aromatic rings. The summed E-state index contributed by atoms with van der Waals surface area (Å²) in [7, 11) is 1.42. The number of rotatable bonds is 11. The third kappa shape index (κ3) is 5.59. The summed E-state index contributed by atoms with van der Waals surface area (Å²) in [5.41, 5.74) is 3.79. The highest BCUT2D eigenvalue weighted by Gasteiger charge is 2.29. The molecule has 0 aromatic heterocycles. The van der Waals surface area contributed by atoms with E-state index in [-0.39, 0.29) is 17.8 Å². The van der Waals surface area contributed by atoms with Crippen molar-refractivity contribution in [3.63, 3.8) is 0 Å². The molecule has 13 nitrogen and oxygen atoms in total. The van der Waals surface area contributed by atoms with Crippen LogP contribution in [0.25, 0.3) is 0 Å². The number of nitro groups is 2. The molecular weight excluding hydrogens is 426 g/mol. The minimum absolute atomic E-state index is 0.103. The summed E-state index contributed by atoms with van der Waals surface area (Å²) in [5, 5.41) is 37.7. The number of aliphatic carboxylic acids is 1. The van der Waals surface area contributed by atoms with E-state index in [4.69, 9.17) is 10.5 Å². The number of nitro benzene ring substituents is 2. The van der Waals surface area contributed by atoms with Crippen LogP contribution in [0, 0.1) is 20.2 Å². The van der Waals surface area contributed by atoms with E-state index in [9.17, 15) is 34.9 Å². The number of hydrogen-bond donors (Lipinski definition) is 4. The van der Waals surface area contributed by atoms with Gasteiger partial charge in [-0.2, -0.15) is 0 Å². The number of nitrogens with one attached hydrogen (secondary N) is 2.